The molecule has 7 nitrogen and oxygen atoms in total. The quantitative estimate of drug-likeness (QED) is 0.661. The Hall–Kier alpha value is -1.50. The lowest BCUT2D eigenvalue weighted by molar-refractivity contribution is -0.126. The second kappa shape index (κ2) is 5.28. The van der Waals surface area contributed by atoms with Gasteiger partial charge < -0.3 is 10.1 Å². The summed E-state index contributed by atoms with van der Waals surface area (Å²) in [5.41, 5.74) is 0. The summed E-state index contributed by atoms with van der Waals surface area (Å²) >= 11 is 0. The fourth-order valence-electron chi connectivity index (χ4n) is 0.895. The number of aromatic nitrogens is 4. The van der Waals surface area contributed by atoms with Crippen LogP contribution < -0.4 is 5.32 Å². The molecule has 1 atom stereocenters. The van der Waals surface area contributed by atoms with Crippen LogP contribution in [-0.2, 0) is 9.53 Å². The fourth-order valence-corrected chi connectivity index (χ4v) is 0.895. The van der Waals surface area contributed by atoms with Crippen molar-refractivity contribution in [2.24, 2.45) is 0 Å². The summed E-state index contributed by atoms with van der Waals surface area (Å²) in [6.07, 6.45) is 0. The number of nitrogens with one attached hydrogen (secondary N) is 2. The lowest BCUT2D eigenvalue weighted by atomic mass is 10.3. The summed E-state index contributed by atoms with van der Waals surface area (Å²) in [5.74, 6) is 0.263. The zero-order chi connectivity index (χ0) is 10.4. The molecule has 14 heavy (non-hydrogen) atoms. The summed E-state index contributed by atoms with van der Waals surface area (Å²) < 4.78 is 4.94. The van der Waals surface area contributed by atoms with Gasteiger partial charge in [0.2, 0.25) is 5.91 Å². The number of ether oxygens (including phenoxy) is 1. The molecule has 1 unspecified atom stereocenters. The first kappa shape index (κ1) is 10.6. The largest absolute Gasteiger partial charge is 0.372 e. The van der Waals surface area contributed by atoms with E-state index in [4.69, 9.17) is 4.74 Å². The van der Waals surface area contributed by atoms with Crippen LogP contribution in [-0.4, -0.2) is 39.7 Å². The highest BCUT2D eigenvalue weighted by atomic mass is 16.5. The number of tetrazole rings is 1. The molecule has 0 aliphatic rings. The van der Waals surface area contributed by atoms with Gasteiger partial charge in [0.1, 0.15) is 6.61 Å². The third-order valence-electron chi connectivity index (χ3n) is 1.56. The van der Waals surface area contributed by atoms with E-state index in [-0.39, 0.29) is 18.6 Å². The summed E-state index contributed by atoms with van der Waals surface area (Å²) in [7, 11) is 0. The minimum absolute atomic E-state index is 0.0543. The molecule has 0 spiro atoms. The predicted molar refractivity (Wildman–Crippen MR) is 47.2 cm³/mol. The van der Waals surface area contributed by atoms with Gasteiger partial charge in [-0.1, -0.05) is 5.21 Å². The molecule has 0 saturated carbocycles. The molecule has 1 aromatic rings. The van der Waals surface area contributed by atoms with Gasteiger partial charge in [0.15, 0.2) is 5.82 Å². The minimum Gasteiger partial charge on any atom is -0.372 e. The maximum Gasteiger partial charge on any atom is 0.246 e. The standard InChI is InChI=1S/C7H13N5O2/c1-3-14-4-6(13)8-5(2)7-9-11-12-10-7/h5H,3-4H2,1-2H3,(H,8,13)(H,9,10,11,12). The van der Waals surface area contributed by atoms with Gasteiger partial charge in [-0.2, -0.15) is 5.21 Å². The molecule has 1 heterocycles. The van der Waals surface area contributed by atoms with Gasteiger partial charge in [0.05, 0.1) is 6.04 Å². The first-order valence-electron chi connectivity index (χ1n) is 4.34. The number of H-pyrrole nitrogens is 1. The SMILES string of the molecule is CCOCC(=O)NC(C)c1nn[nH]n1. The molecule has 1 amide bonds. The molecule has 0 aliphatic carbocycles. The van der Waals surface area contributed by atoms with Crippen LogP contribution in [0, 0.1) is 0 Å². The van der Waals surface area contributed by atoms with E-state index in [1.807, 2.05) is 6.92 Å². The van der Waals surface area contributed by atoms with Crippen LogP contribution in [0.4, 0.5) is 0 Å². The summed E-state index contributed by atoms with van der Waals surface area (Å²) in [6, 6.07) is -0.262. The number of rotatable bonds is 5. The van der Waals surface area contributed by atoms with Crippen LogP contribution in [0.2, 0.25) is 0 Å². The second-order valence-electron chi connectivity index (χ2n) is 2.70. The zero-order valence-electron chi connectivity index (χ0n) is 8.15. The molecular weight excluding hydrogens is 186 g/mol. The first-order valence-corrected chi connectivity index (χ1v) is 4.34. The molecule has 0 fully saturated rings. The minimum atomic E-state index is -0.262. The Morgan fingerprint density at radius 2 is 2.50 bits per heavy atom. The van der Waals surface area contributed by atoms with Crippen molar-refractivity contribution in [2.45, 2.75) is 19.9 Å². The van der Waals surface area contributed by atoms with Crippen molar-refractivity contribution < 1.29 is 9.53 Å². The van der Waals surface area contributed by atoms with Crippen LogP contribution in [0.5, 0.6) is 0 Å². The molecule has 78 valence electrons. The molecule has 1 aromatic heterocycles. The van der Waals surface area contributed by atoms with Crippen LogP contribution in [0.15, 0.2) is 0 Å². The Balaban J connectivity index is 2.33. The van der Waals surface area contributed by atoms with Crippen LogP contribution in [0.3, 0.4) is 0 Å². The van der Waals surface area contributed by atoms with Gasteiger partial charge in [-0.3, -0.25) is 4.79 Å². The smallest absolute Gasteiger partial charge is 0.246 e. The second-order valence-corrected chi connectivity index (χ2v) is 2.70. The number of amides is 1. The Morgan fingerprint density at radius 3 is 3.07 bits per heavy atom. The monoisotopic (exact) mass is 199 g/mol. The highest BCUT2D eigenvalue weighted by Crippen LogP contribution is 2.01. The number of carbonyl (C=O) groups is 1. The molecule has 1 rings (SSSR count). The lowest BCUT2D eigenvalue weighted by Gasteiger charge is -2.09. The van der Waals surface area contributed by atoms with E-state index in [9.17, 15) is 4.79 Å². The van der Waals surface area contributed by atoms with E-state index >= 15 is 0 Å². The molecule has 0 aromatic carbocycles. The predicted octanol–water partition coefficient (Wildman–Crippen LogP) is -0.587. The average Bonchev–Trinajstić information content (AvgIpc) is 2.67. The van der Waals surface area contributed by atoms with Gasteiger partial charge in [0.25, 0.3) is 0 Å². The van der Waals surface area contributed by atoms with Crippen molar-refractivity contribution in [3.8, 4) is 0 Å². The van der Waals surface area contributed by atoms with E-state index in [0.29, 0.717) is 12.4 Å². The van der Waals surface area contributed by atoms with E-state index in [2.05, 4.69) is 25.9 Å². The number of nitrogens with zero attached hydrogens (tertiary/aromatic N) is 3. The van der Waals surface area contributed by atoms with Crippen molar-refractivity contribution in [1.82, 2.24) is 25.9 Å². The summed E-state index contributed by atoms with van der Waals surface area (Å²) in [6.45, 7) is 4.17. The molecule has 7 heteroatoms. The molecule has 0 radical (unpaired) electrons. The van der Waals surface area contributed by atoms with Crippen LogP contribution in [0.25, 0.3) is 0 Å². The number of hydrogen-bond acceptors (Lipinski definition) is 5. The van der Waals surface area contributed by atoms with Gasteiger partial charge in [-0.25, -0.2) is 0 Å². The van der Waals surface area contributed by atoms with Gasteiger partial charge in [0, 0.05) is 6.61 Å². The van der Waals surface area contributed by atoms with Crippen molar-refractivity contribution in [1.29, 1.82) is 0 Å². The van der Waals surface area contributed by atoms with E-state index in [0.717, 1.165) is 0 Å². The molecular formula is C7H13N5O2. The average molecular weight is 199 g/mol. The van der Waals surface area contributed by atoms with Crippen molar-refractivity contribution in [3.05, 3.63) is 5.82 Å². The first-order chi connectivity index (χ1) is 6.74. The Morgan fingerprint density at radius 1 is 1.71 bits per heavy atom. The normalized spacial score (nSPS) is 12.4. The molecule has 0 bridgehead atoms. The third-order valence-corrected chi connectivity index (χ3v) is 1.56. The Kier molecular flexibility index (Phi) is 3.99. The van der Waals surface area contributed by atoms with E-state index in [1.165, 1.54) is 0 Å². The lowest BCUT2D eigenvalue weighted by Crippen LogP contribution is -2.30. The van der Waals surface area contributed by atoms with E-state index in [1.54, 1.807) is 6.92 Å². The highest BCUT2D eigenvalue weighted by Gasteiger charge is 2.12. The van der Waals surface area contributed by atoms with Crippen molar-refractivity contribution in [3.63, 3.8) is 0 Å². The maximum absolute atomic E-state index is 11.2. The fraction of sp³-hybridized carbons (Fsp3) is 0.714. The third kappa shape index (κ3) is 3.09. The topological polar surface area (TPSA) is 92.8 Å². The van der Waals surface area contributed by atoms with Crippen LogP contribution >= 0.6 is 0 Å². The van der Waals surface area contributed by atoms with Crippen LogP contribution in [0.1, 0.15) is 25.7 Å². The van der Waals surface area contributed by atoms with E-state index < -0.39 is 0 Å². The Labute approximate surface area is 81.2 Å². The molecule has 0 aliphatic heterocycles. The summed E-state index contributed by atoms with van der Waals surface area (Å²) in [4.78, 5) is 11.2. The van der Waals surface area contributed by atoms with Gasteiger partial charge in [-0.05, 0) is 13.8 Å². The number of carbonyl (C=O) groups excluding carboxylic acids is 1. The van der Waals surface area contributed by atoms with Gasteiger partial charge in [-0.15, -0.1) is 10.2 Å². The summed E-state index contributed by atoms with van der Waals surface area (Å²) in [5, 5.41) is 15.9. The molecule has 2 N–H and O–H groups in total. The number of aromatic amines is 1. The zero-order valence-corrected chi connectivity index (χ0v) is 8.15. The highest BCUT2D eigenvalue weighted by molar-refractivity contribution is 5.77. The van der Waals surface area contributed by atoms with Crippen molar-refractivity contribution in [2.75, 3.05) is 13.2 Å². The van der Waals surface area contributed by atoms with Gasteiger partial charge >= 0.3 is 0 Å². The van der Waals surface area contributed by atoms with Crippen molar-refractivity contribution >= 4 is 5.91 Å². The number of hydrogen-bond donors (Lipinski definition) is 2. The maximum atomic E-state index is 11.2. The Bertz CT molecular complexity index is 274. The molecule has 0 saturated heterocycles.